The molecular formula is C10H10ClN3O2. The Balaban J connectivity index is 2.04. The summed E-state index contributed by atoms with van der Waals surface area (Å²) < 4.78 is 0. The number of rotatable bonds is 2. The molecule has 2 amide bonds. The van der Waals surface area contributed by atoms with Crippen LogP contribution in [-0.4, -0.2) is 34.8 Å². The van der Waals surface area contributed by atoms with Gasteiger partial charge in [-0.15, -0.1) is 0 Å². The van der Waals surface area contributed by atoms with E-state index in [-0.39, 0.29) is 24.9 Å². The van der Waals surface area contributed by atoms with E-state index in [1.54, 1.807) is 17.0 Å². The zero-order valence-electron chi connectivity index (χ0n) is 8.44. The van der Waals surface area contributed by atoms with Gasteiger partial charge in [0.15, 0.2) is 0 Å². The van der Waals surface area contributed by atoms with E-state index in [9.17, 15) is 9.59 Å². The second kappa shape index (κ2) is 4.59. The van der Waals surface area contributed by atoms with Gasteiger partial charge in [0.25, 0.3) is 0 Å². The van der Waals surface area contributed by atoms with E-state index < -0.39 is 0 Å². The van der Waals surface area contributed by atoms with E-state index in [1.165, 1.54) is 0 Å². The molecule has 6 heteroatoms. The summed E-state index contributed by atoms with van der Waals surface area (Å²) in [6.07, 6.45) is 0. The zero-order chi connectivity index (χ0) is 11.5. The number of amides is 2. The number of hydrogen-bond donors (Lipinski definition) is 1. The van der Waals surface area contributed by atoms with Crippen molar-refractivity contribution >= 4 is 23.4 Å². The van der Waals surface area contributed by atoms with Gasteiger partial charge in [-0.05, 0) is 12.1 Å². The number of aromatic nitrogens is 1. The molecular weight excluding hydrogens is 230 g/mol. The molecule has 0 bridgehead atoms. The topological polar surface area (TPSA) is 62.3 Å². The van der Waals surface area contributed by atoms with E-state index in [0.29, 0.717) is 11.7 Å². The van der Waals surface area contributed by atoms with Crippen LogP contribution in [0.4, 0.5) is 0 Å². The Hall–Kier alpha value is -1.46. The van der Waals surface area contributed by atoms with Gasteiger partial charge in [0.2, 0.25) is 11.8 Å². The SMILES string of the molecule is O=C1CN(Cc2cccc(Cl)n2)CC(=O)N1. The number of nitrogens with one attached hydrogen (secondary N) is 1. The number of piperazine rings is 1. The molecule has 1 aliphatic heterocycles. The summed E-state index contributed by atoms with van der Waals surface area (Å²) in [5.74, 6) is -0.559. The smallest absolute Gasteiger partial charge is 0.240 e. The van der Waals surface area contributed by atoms with Gasteiger partial charge in [-0.2, -0.15) is 0 Å². The van der Waals surface area contributed by atoms with Crippen LogP contribution in [0.25, 0.3) is 0 Å². The quantitative estimate of drug-likeness (QED) is 0.591. The summed E-state index contributed by atoms with van der Waals surface area (Å²) in [6.45, 7) is 0.861. The highest BCUT2D eigenvalue weighted by atomic mass is 35.5. The number of carbonyl (C=O) groups is 2. The molecule has 84 valence electrons. The van der Waals surface area contributed by atoms with Crippen molar-refractivity contribution < 1.29 is 9.59 Å². The van der Waals surface area contributed by atoms with Crippen LogP contribution >= 0.6 is 11.6 Å². The molecule has 5 nitrogen and oxygen atoms in total. The Labute approximate surface area is 97.4 Å². The molecule has 1 saturated heterocycles. The molecule has 0 unspecified atom stereocenters. The Bertz CT molecular complexity index is 420. The van der Waals surface area contributed by atoms with Crippen molar-refractivity contribution in [1.82, 2.24) is 15.2 Å². The standard InChI is InChI=1S/C10H10ClN3O2/c11-8-3-1-2-7(12-8)4-14-5-9(15)13-10(16)6-14/h1-3H,4-6H2,(H,13,15,16). The maximum absolute atomic E-state index is 11.1. The summed E-state index contributed by atoms with van der Waals surface area (Å²) in [4.78, 5) is 28.1. The molecule has 1 aliphatic rings. The lowest BCUT2D eigenvalue weighted by Gasteiger charge is -2.24. The Morgan fingerprint density at radius 3 is 2.62 bits per heavy atom. The number of halogens is 1. The normalized spacial score (nSPS) is 17.3. The van der Waals surface area contributed by atoms with Crippen LogP contribution in [0.5, 0.6) is 0 Å². The molecule has 0 spiro atoms. The van der Waals surface area contributed by atoms with E-state index in [4.69, 9.17) is 11.6 Å². The second-order valence-corrected chi connectivity index (χ2v) is 3.96. The van der Waals surface area contributed by atoms with Crippen LogP contribution in [0.2, 0.25) is 5.15 Å². The first-order valence-corrected chi connectivity index (χ1v) is 5.18. The molecule has 16 heavy (non-hydrogen) atoms. The largest absolute Gasteiger partial charge is 0.294 e. The lowest BCUT2D eigenvalue weighted by molar-refractivity contribution is -0.136. The summed E-state index contributed by atoms with van der Waals surface area (Å²) in [7, 11) is 0. The summed E-state index contributed by atoms with van der Waals surface area (Å²) in [6, 6.07) is 5.28. The summed E-state index contributed by atoms with van der Waals surface area (Å²) in [5.41, 5.74) is 0.745. The van der Waals surface area contributed by atoms with Crippen molar-refractivity contribution in [1.29, 1.82) is 0 Å². The third-order valence-electron chi connectivity index (χ3n) is 2.17. The third kappa shape index (κ3) is 2.77. The molecule has 0 saturated carbocycles. The van der Waals surface area contributed by atoms with E-state index >= 15 is 0 Å². The molecule has 2 heterocycles. The van der Waals surface area contributed by atoms with Gasteiger partial charge in [-0.3, -0.25) is 19.8 Å². The monoisotopic (exact) mass is 239 g/mol. The average Bonchev–Trinajstić information content (AvgIpc) is 2.15. The first-order chi connectivity index (χ1) is 7.63. The van der Waals surface area contributed by atoms with Gasteiger partial charge in [-0.1, -0.05) is 17.7 Å². The van der Waals surface area contributed by atoms with Crippen molar-refractivity contribution in [3.63, 3.8) is 0 Å². The molecule has 1 aromatic rings. The Kier molecular flexibility index (Phi) is 3.17. The molecule has 1 N–H and O–H groups in total. The van der Waals surface area contributed by atoms with Crippen LogP contribution in [0.1, 0.15) is 5.69 Å². The highest BCUT2D eigenvalue weighted by Crippen LogP contribution is 2.08. The fourth-order valence-electron chi connectivity index (χ4n) is 1.58. The minimum atomic E-state index is -0.279. The van der Waals surface area contributed by atoms with Crippen molar-refractivity contribution in [3.05, 3.63) is 29.0 Å². The van der Waals surface area contributed by atoms with Gasteiger partial charge in [0, 0.05) is 6.54 Å². The van der Waals surface area contributed by atoms with Crippen molar-refractivity contribution in [2.24, 2.45) is 0 Å². The predicted molar refractivity (Wildman–Crippen MR) is 57.7 cm³/mol. The summed E-state index contributed by atoms with van der Waals surface area (Å²) >= 11 is 5.74. The van der Waals surface area contributed by atoms with Crippen LogP contribution in [0.15, 0.2) is 18.2 Å². The van der Waals surface area contributed by atoms with Crippen LogP contribution in [0.3, 0.4) is 0 Å². The van der Waals surface area contributed by atoms with Crippen LogP contribution in [-0.2, 0) is 16.1 Å². The van der Waals surface area contributed by atoms with E-state index in [0.717, 1.165) is 5.69 Å². The number of pyridine rings is 1. The maximum Gasteiger partial charge on any atom is 0.240 e. The zero-order valence-corrected chi connectivity index (χ0v) is 9.20. The highest BCUT2D eigenvalue weighted by molar-refractivity contribution is 6.29. The molecule has 0 aromatic carbocycles. The first kappa shape index (κ1) is 11.0. The van der Waals surface area contributed by atoms with E-state index in [1.807, 2.05) is 6.07 Å². The first-order valence-electron chi connectivity index (χ1n) is 4.80. The lowest BCUT2D eigenvalue weighted by atomic mass is 10.3. The lowest BCUT2D eigenvalue weighted by Crippen LogP contribution is -2.50. The van der Waals surface area contributed by atoms with Gasteiger partial charge in [-0.25, -0.2) is 4.98 Å². The molecule has 0 aliphatic carbocycles. The number of nitrogens with zero attached hydrogens (tertiary/aromatic N) is 2. The highest BCUT2D eigenvalue weighted by Gasteiger charge is 2.22. The molecule has 0 atom stereocenters. The van der Waals surface area contributed by atoms with Crippen LogP contribution in [0, 0.1) is 0 Å². The maximum atomic E-state index is 11.1. The van der Waals surface area contributed by atoms with Crippen LogP contribution < -0.4 is 5.32 Å². The van der Waals surface area contributed by atoms with E-state index in [2.05, 4.69) is 10.3 Å². The Morgan fingerprint density at radius 1 is 1.31 bits per heavy atom. The van der Waals surface area contributed by atoms with Gasteiger partial charge in [0.05, 0.1) is 18.8 Å². The molecule has 1 aromatic heterocycles. The number of hydrogen-bond acceptors (Lipinski definition) is 4. The van der Waals surface area contributed by atoms with Gasteiger partial charge >= 0.3 is 0 Å². The van der Waals surface area contributed by atoms with Crippen molar-refractivity contribution in [2.45, 2.75) is 6.54 Å². The summed E-state index contributed by atoms with van der Waals surface area (Å²) in [5, 5.41) is 2.65. The number of imide groups is 1. The van der Waals surface area contributed by atoms with Gasteiger partial charge in [0.1, 0.15) is 5.15 Å². The fourth-order valence-corrected chi connectivity index (χ4v) is 1.76. The average molecular weight is 240 g/mol. The Morgan fingerprint density at radius 2 is 2.00 bits per heavy atom. The van der Waals surface area contributed by atoms with Gasteiger partial charge < -0.3 is 0 Å². The molecule has 1 fully saturated rings. The minimum absolute atomic E-state index is 0.208. The minimum Gasteiger partial charge on any atom is -0.294 e. The fraction of sp³-hybridized carbons (Fsp3) is 0.300. The van der Waals surface area contributed by atoms with Crippen molar-refractivity contribution in [2.75, 3.05) is 13.1 Å². The second-order valence-electron chi connectivity index (χ2n) is 3.57. The molecule has 2 rings (SSSR count). The number of carbonyl (C=O) groups excluding carboxylic acids is 2. The predicted octanol–water partition coefficient (Wildman–Crippen LogP) is 0.193. The molecule has 0 radical (unpaired) electrons. The third-order valence-corrected chi connectivity index (χ3v) is 2.38. The van der Waals surface area contributed by atoms with Crippen molar-refractivity contribution in [3.8, 4) is 0 Å².